The van der Waals surface area contributed by atoms with Crippen LogP contribution in [0.5, 0.6) is 23.0 Å². The lowest BCUT2D eigenvalue weighted by molar-refractivity contribution is 0.216. The van der Waals surface area contributed by atoms with E-state index in [2.05, 4.69) is 0 Å². The first kappa shape index (κ1) is 14.1. The molecule has 2 aromatic carbocycles. The lowest BCUT2D eigenvalue weighted by Gasteiger charge is -2.10. The molecule has 106 valence electrons. The van der Waals surface area contributed by atoms with E-state index in [-0.39, 0.29) is 0 Å². The summed E-state index contributed by atoms with van der Waals surface area (Å²) in [5.74, 6) is 3.07. The summed E-state index contributed by atoms with van der Waals surface area (Å²) in [6.07, 6.45) is 0. The van der Waals surface area contributed by atoms with Crippen LogP contribution in [-0.2, 0) is 0 Å². The summed E-state index contributed by atoms with van der Waals surface area (Å²) < 4.78 is 21.4. The van der Waals surface area contributed by atoms with Gasteiger partial charge in [-0.2, -0.15) is 0 Å². The number of methoxy groups -OCH3 is 2. The predicted molar refractivity (Wildman–Crippen MR) is 77.0 cm³/mol. The number of benzene rings is 2. The molecule has 0 aliphatic heterocycles. The minimum absolute atomic E-state index is 0.463. The third-order valence-corrected chi connectivity index (χ3v) is 2.70. The molecular weight excluding hydrogens is 256 g/mol. The van der Waals surface area contributed by atoms with Crippen molar-refractivity contribution in [1.82, 2.24) is 0 Å². The molecule has 4 heteroatoms. The van der Waals surface area contributed by atoms with Gasteiger partial charge in [0.2, 0.25) is 0 Å². The van der Waals surface area contributed by atoms with Crippen molar-refractivity contribution in [1.29, 1.82) is 0 Å². The van der Waals surface area contributed by atoms with Gasteiger partial charge in [-0.1, -0.05) is 12.1 Å². The zero-order valence-corrected chi connectivity index (χ0v) is 11.7. The smallest absolute Gasteiger partial charge is 0.123 e. The summed E-state index contributed by atoms with van der Waals surface area (Å²) in [4.78, 5) is 0. The summed E-state index contributed by atoms with van der Waals surface area (Å²) in [5, 5.41) is 0. The second kappa shape index (κ2) is 7.28. The van der Waals surface area contributed by atoms with Gasteiger partial charge in [0.15, 0.2) is 0 Å². The molecule has 0 aliphatic rings. The van der Waals surface area contributed by atoms with Crippen LogP contribution in [0.25, 0.3) is 0 Å². The van der Waals surface area contributed by atoms with E-state index in [1.54, 1.807) is 14.2 Å². The molecule has 0 N–H and O–H groups in total. The molecule has 0 fully saturated rings. The van der Waals surface area contributed by atoms with E-state index in [9.17, 15) is 0 Å². The Hall–Kier alpha value is -2.36. The summed E-state index contributed by atoms with van der Waals surface area (Å²) in [6.45, 7) is 0.925. The number of hydrogen-bond donors (Lipinski definition) is 0. The summed E-state index contributed by atoms with van der Waals surface area (Å²) in [7, 11) is 3.26. The van der Waals surface area contributed by atoms with Crippen molar-refractivity contribution in [3.8, 4) is 23.0 Å². The summed E-state index contributed by atoms with van der Waals surface area (Å²) >= 11 is 0. The minimum Gasteiger partial charge on any atom is -0.497 e. The van der Waals surface area contributed by atoms with Gasteiger partial charge >= 0.3 is 0 Å². The normalized spacial score (nSPS) is 9.90. The average Bonchev–Trinajstić information content (AvgIpc) is 2.52. The molecule has 0 heterocycles. The fourth-order valence-electron chi connectivity index (χ4n) is 1.70. The van der Waals surface area contributed by atoms with E-state index in [1.807, 2.05) is 48.5 Å². The van der Waals surface area contributed by atoms with Crippen molar-refractivity contribution in [3.05, 3.63) is 48.5 Å². The molecule has 0 unspecified atom stereocenters. The Morgan fingerprint density at radius 3 is 1.45 bits per heavy atom. The standard InChI is InChI=1S/C16H18O4/c1-17-13-5-3-7-15(11-13)19-9-10-20-16-8-4-6-14(12-16)18-2/h3-8,11-12H,9-10H2,1-2H3. The van der Waals surface area contributed by atoms with Crippen LogP contribution in [0.4, 0.5) is 0 Å². The molecule has 0 aliphatic carbocycles. The zero-order valence-electron chi connectivity index (χ0n) is 11.7. The Morgan fingerprint density at radius 2 is 1.05 bits per heavy atom. The molecule has 4 nitrogen and oxygen atoms in total. The van der Waals surface area contributed by atoms with Crippen molar-refractivity contribution in [2.75, 3.05) is 27.4 Å². The first-order chi connectivity index (χ1) is 9.81. The van der Waals surface area contributed by atoms with Crippen LogP contribution < -0.4 is 18.9 Å². The molecule has 20 heavy (non-hydrogen) atoms. The molecule has 0 saturated heterocycles. The Morgan fingerprint density at radius 1 is 0.650 bits per heavy atom. The molecule has 0 atom stereocenters. The second-order valence-electron chi connectivity index (χ2n) is 4.05. The van der Waals surface area contributed by atoms with Gasteiger partial charge in [0.05, 0.1) is 14.2 Å². The maximum atomic E-state index is 5.59. The fraction of sp³-hybridized carbons (Fsp3) is 0.250. The van der Waals surface area contributed by atoms with Crippen molar-refractivity contribution in [3.63, 3.8) is 0 Å². The van der Waals surface area contributed by atoms with Crippen LogP contribution in [0.15, 0.2) is 48.5 Å². The van der Waals surface area contributed by atoms with Crippen LogP contribution in [-0.4, -0.2) is 27.4 Å². The van der Waals surface area contributed by atoms with E-state index < -0.39 is 0 Å². The van der Waals surface area contributed by atoms with Gasteiger partial charge < -0.3 is 18.9 Å². The Kier molecular flexibility index (Phi) is 5.12. The van der Waals surface area contributed by atoms with Gasteiger partial charge in [0, 0.05) is 12.1 Å². The maximum absolute atomic E-state index is 5.59. The lowest BCUT2D eigenvalue weighted by atomic mass is 10.3. The lowest BCUT2D eigenvalue weighted by Crippen LogP contribution is -2.09. The van der Waals surface area contributed by atoms with Crippen molar-refractivity contribution in [2.45, 2.75) is 0 Å². The second-order valence-corrected chi connectivity index (χ2v) is 4.05. The van der Waals surface area contributed by atoms with E-state index >= 15 is 0 Å². The van der Waals surface area contributed by atoms with Gasteiger partial charge in [-0.15, -0.1) is 0 Å². The molecule has 0 aromatic heterocycles. The molecule has 2 aromatic rings. The molecular formula is C16H18O4. The molecule has 0 radical (unpaired) electrons. The monoisotopic (exact) mass is 274 g/mol. The topological polar surface area (TPSA) is 36.9 Å². The van der Waals surface area contributed by atoms with Crippen molar-refractivity contribution < 1.29 is 18.9 Å². The minimum atomic E-state index is 0.463. The summed E-state index contributed by atoms with van der Waals surface area (Å²) in [6, 6.07) is 15.0. The largest absolute Gasteiger partial charge is 0.497 e. The maximum Gasteiger partial charge on any atom is 0.123 e. The highest BCUT2D eigenvalue weighted by molar-refractivity contribution is 5.33. The van der Waals surface area contributed by atoms with Gasteiger partial charge in [-0.25, -0.2) is 0 Å². The van der Waals surface area contributed by atoms with Crippen molar-refractivity contribution >= 4 is 0 Å². The fourth-order valence-corrected chi connectivity index (χ4v) is 1.70. The third kappa shape index (κ3) is 4.09. The van der Waals surface area contributed by atoms with Crippen LogP contribution in [0.3, 0.4) is 0 Å². The van der Waals surface area contributed by atoms with Crippen molar-refractivity contribution in [2.24, 2.45) is 0 Å². The first-order valence-electron chi connectivity index (χ1n) is 6.35. The predicted octanol–water partition coefficient (Wildman–Crippen LogP) is 3.16. The van der Waals surface area contributed by atoms with Gasteiger partial charge in [0.1, 0.15) is 36.2 Å². The van der Waals surface area contributed by atoms with Gasteiger partial charge in [-0.3, -0.25) is 0 Å². The van der Waals surface area contributed by atoms with Crippen LogP contribution >= 0.6 is 0 Å². The number of ether oxygens (including phenoxy) is 4. The quantitative estimate of drug-likeness (QED) is 0.727. The summed E-state index contributed by atoms with van der Waals surface area (Å²) in [5.41, 5.74) is 0. The highest BCUT2D eigenvalue weighted by atomic mass is 16.5. The zero-order chi connectivity index (χ0) is 14.2. The molecule has 0 amide bonds. The Balaban J connectivity index is 1.78. The van der Waals surface area contributed by atoms with E-state index in [0.29, 0.717) is 13.2 Å². The van der Waals surface area contributed by atoms with Crippen LogP contribution in [0, 0.1) is 0 Å². The Bertz CT molecular complexity index is 490. The van der Waals surface area contributed by atoms with Gasteiger partial charge in [-0.05, 0) is 24.3 Å². The average molecular weight is 274 g/mol. The molecule has 2 rings (SSSR count). The van der Waals surface area contributed by atoms with Crippen LogP contribution in [0.2, 0.25) is 0 Å². The van der Waals surface area contributed by atoms with E-state index in [4.69, 9.17) is 18.9 Å². The third-order valence-electron chi connectivity index (χ3n) is 2.70. The molecule has 0 spiro atoms. The van der Waals surface area contributed by atoms with E-state index in [1.165, 1.54) is 0 Å². The highest BCUT2D eigenvalue weighted by Gasteiger charge is 1.99. The number of hydrogen-bond acceptors (Lipinski definition) is 4. The Labute approximate surface area is 118 Å². The molecule has 0 saturated carbocycles. The highest BCUT2D eigenvalue weighted by Crippen LogP contribution is 2.20. The van der Waals surface area contributed by atoms with Crippen LogP contribution in [0.1, 0.15) is 0 Å². The molecule has 0 bridgehead atoms. The van der Waals surface area contributed by atoms with Gasteiger partial charge in [0.25, 0.3) is 0 Å². The SMILES string of the molecule is COc1cccc(OCCOc2cccc(OC)c2)c1. The van der Waals surface area contributed by atoms with E-state index in [0.717, 1.165) is 23.0 Å². The first-order valence-corrected chi connectivity index (χ1v) is 6.35. The number of rotatable bonds is 7.